The Morgan fingerprint density at radius 3 is 2.65 bits per heavy atom. The number of hydrogen-bond donors (Lipinski definition) is 1. The molecule has 7 heteroatoms. The number of benzene rings is 1. The number of nitrogens with zero attached hydrogens (tertiary/aromatic N) is 2. The number of aromatic nitrogens is 2. The van der Waals surface area contributed by atoms with Crippen LogP contribution in [0.15, 0.2) is 66.0 Å². The van der Waals surface area contributed by atoms with Crippen molar-refractivity contribution in [3.05, 3.63) is 72.2 Å². The Balaban J connectivity index is 1.89. The van der Waals surface area contributed by atoms with Gasteiger partial charge in [0.15, 0.2) is 0 Å². The minimum Gasteiger partial charge on any atom is -0.495 e. The van der Waals surface area contributed by atoms with Gasteiger partial charge in [-0.15, -0.1) is 0 Å². The summed E-state index contributed by atoms with van der Waals surface area (Å²) in [5.74, 6) is 0.307. The zero-order valence-electron chi connectivity index (χ0n) is 14.5. The molecule has 0 aliphatic heterocycles. The smallest absolute Gasteiger partial charge is 0.244 e. The molecule has 1 N–H and O–H groups in total. The summed E-state index contributed by atoms with van der Waals surface area (Å²) >= 11 is 0. The number of aryl methyl sites for hydroxylation is 1. The lowest BCUT2D eigenvalue weighted by molar-refractivity contribution is 0.402. The van der Waals surface area contributed by atoms with Crippen LogP contribution < -0.4 is 9.46 Å². The van der Waals surface area contributed by atoms with Gasteiger partial charge in [0.25, 0.3) is 0 Å². The number of hydrogen-bond acceptors (Lipinski definition) is 5. The van der Waals surface area contributed by atoms with Crippen molar-refractivity contribution >= 4 is 10.0 Å². The van der Waals surface area contributed by atoms with E-state index in [1.54, 1.807) is 42.9 Å². The van der Waals surface area contributed by atoms with Crippen molar-refractivity contribution in [3.63, 3.8) is 0 Å². The lowest BCUT2D eigenvalue weighted by Crippen LogP contribution is -2.24. The van der Waals surface area contributed by atoms with E-state index in [0.29, 0.717) is 11.4 Å². The van der Waals surface area contributed by atoms with Gasteiger partial charge in [-0.1, -0.05) is 12.1 Å². The van der Waals surface area contributed by atoms with Crippen LogP contribution in [-0.4, -0.2) is 25.5 Å². The minimum atomic E-state index is -3.74. The van der Waals surface area contributed by atoms with Gasteiger partial charge in [-0.25, -0.2) is 13.1 Å². The summed E-state index contributed by atoms with van der Waals surface area (Å²) in [6.45, 7) is 1.94. The van der Waals surface area contributed by atoms with Crippen LogP contribution in [-0.2, 0) is 16.6 Å². The molecule has 0 spiro atoms. The third-order valence-corrected chi connectivity index (χ3v) is 5.31. The second-order valence-electron chi connectivity index (χ2n) is 5.73. The lowest BCUT2D eigenvalue weighted by Gasteiger charge is -2.13. The molecule has 1 aromatic carbocycles. The fourth-order valence-corrected chi connectivity index (χ4v) is 3.85. The molecule has 0 amide bonds. The molecule has 3 rings (SSSR count). The molecule has 2 aromatic heterocycles. The molecule has 0 unspecified atom stereocenters. The molecule has 0 aliphatic carbocycles. The summed E-state index contributed by atoms with van der Waals surface area (Å²) in [6, 6.07) is 12.4. The van der Waals surface area contributed by atoms with Crippen LogP contribution in [0.25, 0.3) is 11.3 Å². The van der Waals surface area contributed by atoms with Crippen LogP contribution in [0.5, 0.6) is 5.75 Å². The summed E-state index contributed by atoms with van der Waals surface area (Å²) in [4.78, 5) is 8.58. The fraction of sp³-hybridized carbons (Fsp3) is 0.158. The highest BCUT2D eigenvalue weighted by atomic mass is 32.2. The Morgan fingerprint density at radius 2 is 1.92 bits per heavy atom. The third kappa shape index (κ3) is 3.89. The Bertz CT molecular complexity index is 1010. The molecule has 0 saturated carbocycles. The molecule has 3 aromatic rings. The molecule has 0 aliphatic rings. The van der Waals surface area contributed by atoms with Crippen LogP contribution in [0.4, 0.5) is 0 Å². The minimum absolute atomic E-state index is 0.109. The van der Waals surface area contributed by atoms with Gasteiger partial charge in [0, 0.05) is 30.7 Å². The first-order valence-electron chi connectivity index (χ1n) is 8.00. The van der Waals surface area contributed by atoms with E-state index in [0.717, 1.165) is 16.7 Å². The average molecular weight is 369 g/mol. The molecule has 2 heterocycles. The number of rotatable bonds is 6. The van der Waals surface area contributed by atoms with E-state index in [1.165, 1.54) is 7.11 Å². The third-order valence-electron chi connectivity index (χ3n) is 3.89. The zero-order chi connectivity index (χ0) is 18.6. The SMILES string of the molecule is COc1ccc(C)cc1S(=O)(=O)NCc1cccnc1-c1cccnc1. The van der Waals surface area contributed by atoms with Crippen molar-refractivity contribution < 1.29 is 13.2 Å². The van der Waals surface area contributed by atoms with Gasteiger partial charge >= 0.3 is 0 Å². The monoisotopic (exact) mass is 369 g/mol. The van der Waals surface area contributed by atoms with Crippen molar-refractivity contribution in [1.82, 2.24) is 14.7 Å². The van der Waals surface area contributed by atoms with Crippen molar-refractivity contribution in [2.75, 3.05) is 7.11 Å². The molecule has 0 bridgehead atoms. The summed E-state index contributed by atoms with van der Waals surface area (Å²) < 4.78 is 33.4. The van der Waals surface area contributed by atoms with Gasteiger partial charge in [-0.2, -0.15) is 0 Å². The topological polar surface area (TPSA) is 81.2 Å². The molecular formula is C19H19N3O3S. The van der Waals surface area contributed by atoms with Crippen LogP contribution in [0.3, 0.4) is 0 Å². The standard InChI is InChI=1S/C19H19N3O3S/c1-14-7-8-17(25-2)18(11-14)26(23,24)22-13-16-6-4-10-21-19(16)15-5-3-9-20-12-15/h3-12,22H,13H2,1-2H3. The Kier molecular flexibility index (Phi) is 5.29. The Labute approximate surface area is 153 Å². The largest absolute Gasteiger partial charge is 0.495 e. The van der Waals surface area contributed by atoms with E-state index >= 15 is 0 Å². The first kappa shape index (κ1) is 18.0. The van der Waals surface area contributed by atoms with E-state index in [4.69, 9.17) is 4.74 Å². The summed E-state index contributed by atoms with van der Waals surface area (Å²) in [7, 11) is -2.29. The van der Waals surface area contributed by atoms with Crippen molar-refractivity contribution in [2.45, 2.75) is 18.4 Å². The molecular weight excluding hydrogens is 350 g/mol. The summed E-state index contributed by atoms with van der Waals surface area (Å²) in [6.07, 6.45) is 5.05. The molecule has 134 valence electrons. The highest BCUT2D eigenvalue weighted by Crippen LogP contribution is 2.25. The van der Waals surface area contributed by atoms with Crippen LogP contribution in [0, 0.1) is 6.92 Å². The number of nitrogens with one attached hydrogen (secondary N) is 1. The second-order valence-corrected chi connectivity index (χ2v) is 7.47. The molecule has 26 heavy (non-hydrogen) atoms. The van der Waals surface area contributed by atoms with Crippen molar-refractivity contribution in [3.8, 4) is 17.0 Å². The van der Waals surface area contributed by atoms with E-state index in [1.807, 2.05) is 25.1 Å². The lowest BCUT2D eigenvalue weighted by atomic mass is 10.1. The zero-order valence-corrected chi connectivity index (χ0v) is 15.3. The highest BCUT2D eigenvalue weighted by Gasteiger charge is 2.20. The Morgan fingerprint density at radius 1 is 1.12 bits per heavy atom. The molecule has 0 fully saturated rings. The molecule has 0 radical (unpaired) electrons. The van der Waals surface area contributed by atoms with Gasteiger partial charge in [0.1, 0.15) is 10.6 Å². The number of methoxy groups -OCH3 is 1. The molecule has 0 atom stereocenters. The maximum atomic E-state index is 12.8. The van der Waals surface area contributed by atoms with E-state index in [-0.39, 0.29) is 11.4 Å². The van der Waals surface area contributed by atoms with Crippen LogP contribution >= 0.6 is 0 Å². The number of pyridine rings is 2. The second kappa shape index (κ2) is 7.63. The fourth-order valence-electron chi connectivity index (χ4n) is 2.59. The van der Waals surface area contributed by atoms with E-state index < -0.39 is 10.0 Å². The Hall–Kier alpha value is -2.77. The quantitative estimate of drug-likeness (QED) is 0.722. The summed E-state index contributed by atoms with van der Waals surface area (Å²) in [5.41, 5.74) is 3.12. The normalized spacial score (nSPS) is 11.3. The van der Waals surface area contributed by atoms with Gasteiger partial charge in [0.2, 0.25) is 10.0 Å². The van der Waals surface area contributed by atoms with Crippen molar-refractivity contribution in [2.24, 2.45) is 0 Å². The predicted octanol–water partition coefficient (Wildman–Crippen LogP) is 2.94. The van der Waals surface area contributed by atoms with Crippen LogP contribution in [0.1, 0.15) is 11.1 Å². The highest BCUT2D eigenvalue weighted by molar-refractivity contribution is 7.89. The first-order chi connectivity index (χ1) is 12.5. The molecule has 6 nitrogen and oxygen atoms in total. The van der Waals surface area contributed by atoms with Gasteiger partial charge in [0.05, 0.1) is 12.8 Å². The first-order valence-corrected chi connectivity index (χ1v) is 9.48. The van der Waals surface area contributed by atoms with Gasteiger partial charge in [-0.05, 0) is 48.4 Å². The number of ether oxygens (including phenoxy) is 1. The predicted molar refractivity (Wildman–Crippen MR) is 99.2 cm³/mol. The van der Waals surface area contributed by atoms with Crippen LogP contribution in [0.2, 0.25) is 0 Å². The molecule has 0 saturated heterocycles. The van der Waals surface area contributed by atoms with E-state index in [9.17, 15) is 8.42 Å². The van der Waals surface area contributed by atoms with Gasteiger partial charge in [-0.3, -0.25) is 9.97 Å². The maximum Gasteiger partial charge on any atom is 0.244 e. The maximum absolute atomic E-state index is 12.8. The average Bonchev–Trinajstić information content (AvgIpc) is 2.67. The van der Waals surface area contributed by atoms with Crippen molar-refractivity contribution in [1.29, 1.82) is 0 Å². The van der Waals surface area contributed by atoms with E-state index in [2.05, 4.69) is 14.7 Å². The van der Waals surface area contributed by atoms with Gasteiger partial charge < -0.3 is 4.74 Å². The number of sulfonamides is 1. The summed E-state index contributed by atoms with van der Waals surface area (Å²) in [5, 5.41) is 0.